The van der Waals surface area contributed by atoms with Crippen LogP contribution in [0.25, 0.3) is 22.1 Å². The molecule has 0 bridgehead atoms. The van der Waals surface area contributed by atoms with Crippen LogP contribution in [-0.2, 0) is 0 Å². The van der Waals surface area contributed by atoms with E-state index in [0.717, 1.165) is 0 Å². The summed E-state index contributed by atoms with van der Waals surface area (Å²) < 4.78 is 10.4. The van der Waals surface area contributed by atoms with Gasteiger partial charge < -0.3 is 9.47 Å². The Labute approximate surface area is 158 Å². The van der Waals surface area contributed by atoms with Crippen LogP contribution in [0.4, 0.5) is 0 Å². The molecule has 2 aromatic carbocycles. The van der Waals surface area contributed by atoms with Crippen LogP contribution in [-0.4, -0.2) is 45.7 Å². The Hall–Kier alpha value is -3.94. The second kappa shape index (κ2) is 5.78. The second-order valence-electron chi connectivity index (χ2n) is 6.21. The molecule has 0 aliphatic heterocycles. The van der Waals surface area contributed by atoms with Gasteiger partial charge in [0, 0.05) is 12.1 Å². The van der Waals surface area contributed by atoms with Gasteiger partial charge in [-0.2, -0.15) is 0 Å². The van der Waals surface area contributed by atoms with Crippen LogP contribution in [0.2, 0.25) is 0 Å². The third-order valence-electron chi connectivity index (χ3n) is 4.60. The lowest BCUT2D eigenvalue weighted by Gasteiger charge is -2.16. The zero-order valence-corrected chi connectivity index (χ0v) is 14.9. The lowest BCUT2D eigenvalue weighted by molar-refractivity contribution is 0.0965. The molecule has 0 N–H and O–H groups in total. The number of hydrogen-bond donors (Lipinski definition) is 0. The van der Waals surface area contributed by atoms with E-state index in [1.807, 2.05) is 0 Å². The van der Waals surface area contributed by atoms with Gasteiger partial charge in [0.05, 0.1) is 36.3 Å². The van der Waals surface area contributed by atoms with Crippen molar-refractivity contribution in [2.75, 3.05) is 14.2 Å². The molecule has 0 radical (unpaired) electrons. The first-order valence-electron chi connectivity index (χ1n) is 8.40. The number of fused-ring (bicyclic) bond motifs is 4. The van der Waals surface area contributed by atoms with Gasteiger partial charge in [0.25, 0.3) is 0 Å². The Morgan fingerprint density at radius 2 is 0.929 bits per heavy atom. The molecular weight excluding hydrogens is 360 g/mol. The number of aromatic nitrogens is 4. The van der Waals surface area contributed by atoms with Crippen molar-refractivity contribution < 1.29 is 19.1 Å². The van der Waals surface area contributed by atoms with Crippen molar-refractivity contribution in [3.8, 4) is 11.5 Å². The van der Waals surface area contributed by atoms with Gasteiger partial charge in [0.1, 0.15) is 34.3 Å². The van der Waals surface area contributed by atoms with E-state index >= 15 is 0 Å². The number of ketones is 2. The molecule has 0 spiro atoms. The van der Waals surface area contributed by atoms with Gasteiger partial charge in [-0.05, 0) is 24.3 Å². The van der Waals surface area contributed by atoms with E-state index in [0.29, 0.717) is 33.6 Å². The average Bonchev–Trinajstić information content (AvgIpc) is 2.74. The largest absolute Gasteiger partial charge is 0.497 e. The summed E-state index contributed by atoms with van der Waals surface area (Å²) in [6.07, 6.45) is 0. The molecule has 8 nitrogen and oxygen atoms in total. The van der Waals surface area contributed by atoms with Crippen LogP contribution in [0.5, 0.6) is 11.5 Å². The molecule has 28 heavy (non-hydrogen) atoms. The number of nitrogens with zero attached hydrogens (tertiary/aromatic N) is 4. The predicted octanol–water partition coefficient (Wildman–Crippen LogP) is 2.37. The van der Waals surface area contributed by atoms with Gasteiger partial charge in [-0.3, -0.25) is 9.59 Å². The average molecular weight is 372 g/mol. The number of benzene rings is 2. The van der Waals surface area contributed by atoms with Crippen LogP contribution in [0, 0.1) is 0 Å². The van der Waals surface area contributed by atoms with Crippen molar-refractivity contribution in [3.05, 3.63) is 59.2 Å². The van der Waals surface area contributed by atoms with Crippen molar-refractivity contribution in [3.63, 3.8) is 0 Å². The van der Waals surface area contributed by atoms with Crippen LogP contribution in [0.15, 0.2) is 36.4 Å². The normalized spacial score (nSPS) is 12.8. The molecule has 5 rings (SSSR count). The first-order valence-corrected chi connectivity index (χ1v) is 8.40. The van der Waals surface area contributed by atoms with E-state index in [1.54, 1.807) is 36.4 Å². The summed E-state index contributed by atoms with van der Waals surface area (Å²) in [5.74, 6) is 0.201. The molecule has 1 aliphatic carbocycles. The summed E-state index contributed by atoms with van der Waals surface area (Å²) in [6, 6.07) is 10.1. The second-order valence-corrected chi connectivity index (χ2v) is 6.21. The highest BCUT2D eigenvalue weighted by atomic mass is 16.5. The Balaban J connectivity index is 1.75. The number of methoxy groups -OCH3 is 2. The van der Waals surface area contributed by atoms with Crippen LogP contribution >= 0.6 is 0 Å². The molecule has 2 heterocycles. The Morgan fingerprint density at radius 1 is 0.571 bits per heavy atom. The summed E-state index contributed by atoms with van der Waals surface area (Å²) in [6.45, 7) is 0. The molecule has 0 saturated carbocycles. The lowest BCUT2D eigenvalue weighted by atomic mass is 9.97. The highest BCUT2D eigenvalue weighted by Crippen LogP contribution is 2.28. The fourth-order valence-electron chi connectivity index (χ4n) is 3.18. The highest BCUT2D eigenvalue weighted by Gasteiger charge is 2.35. The quantitative estimate of drug-likeness (QED) is 0.465. The summed E-state index contributed by atoms with van der Waals surface area (Å²) in [5.41, 5.74) is 1.79. The van der Waals surface area contributed by atoms with E-state index in [-0.39, 0.29) is 22.8 Å². The van der Waals surface area contributed by atoms with Crippen LogP contribution in [0.3, 0.4) is 0 Å². The van der Waals surface area contributed by atoms with E-state index in [9.17, 15) is 9.59 Å². The molecular formula is C20H12N4O4. The van der Waals surface area contributed by atoms with Gasteiger partial charge in [0.15, 0.2) is 0 Å². The maximum atomic E-state index is 13.0. The smallest absolute Gasteiger partial charge is 0.234 e. The molecule has 136 valence electrons. The van der Waals surface area contributed by atoms with Gasteiger partial charge in [0.2, 0.25) is 11.6 Å². The third kappa shape index (κ3) is 2.24. The predicted molar refractivity (Wildman–Crippen MR) is 99.0 cm³/mol. The van der Waals surface area contributed by atoms with E-state index in [4.69, 9.17) is 9.47 Å². The first-order chi connectivity index (χ1) is 13.6. The molecule has 0 fully saturated rings. The van der Waals surface area contributed by atoms with E-state index in [2.05, 4.69) is 19.9 Å². The van der Waals surface area contributed by atoms with Gasteiger partial charge in [-0.1, -0.05) is 0 Å². The first kappa shape index (κ1) is 16.2. The molecule has 8 heteroatoms. The summed E-state index contributed by atoms with van der Waals surface area (Å²) in [4.78, 5) is 43.4. The Kier molecular flexibility index (Phi) is 3.35. The minimum atomic E-state index is -0.480. The molecule has 1 aliphatic rings. The minimum Gasteiger partial charge on any atom is -0.497 e. The minimum absolute atomic E-state index is 0.0216. The monoisotopic (exact) mass is 372 g/mol. The van der Waals surface area contributed by atoms with Crippen LogP contribution in [0.1, 0.15) is 32.4 Å². The molecule has 0 saturated heterocycles. The van der Waals surface area contributed by atoms with E-state index < -0.39 is 11.6 Å². The standard InChI is InChI=1S/C20H12N4O4/c1-27-9-3-5-11-13(7-9)23-17-15(21-11)20(26)18-16(19(17)25)22-12-6-4-10(28-2)8-14(12)24-18/h3-8H,1-2H3. The fraction of sp³-hybridized carbons (Fsp3) is 0.100. The summed E-state index contributed by atoms with van der Waals surface area (Å²) in [7, 11) is 3.07. The van der Waals surface area contributed by atoms with Crippen molar-refractivity contribution in [2.45, 2.75) is 0 Å². The van der Waals surface area contributed by atoms with Crippen molar-refractivity contribution in [1.82, 2.24) is 19.9 Å². The van der Waals surface area contributed by atoms with Crippen molar-refractivity contribution >= 4 is 33.6 Å². The molecule has 4 aromatic rings. The highest BCUT2D eigenvalue weighted by molar-refractivity contribution is 6.26. The molecule has 2 aromatic heterocycles. The van der Waals surface area contributed by atoms with Crippen molar-refractivity contribution in [1.29, 1.82) is 0 Å². The van der Waals surface area contributed by atoms with Gasteiger partial charge in [-0.15, -0.1) is 0 Å². The van der Waals surface area contributed by atoms with Crippen molar-refractivity contribution in [2.24, 2.45) is 0 Å². The Morgan fingerprint density at radius 3 is 1.29 bits per heavy atom. The lowest BCUT2D eigenvalue weighted by Crippen LogP contribution is -2.26. The van der Waals surface area contributed by atoms with E-state index in [1.165, 1.54) is 14.2 Å². The topological polar surface area (TPSA) is 104 Å². The maximum Gasteiger partial charge on any atom is 0.234 e. The SMILES string of the molecule is COc1ccc2nc3c(nc2c1)C(=O)c1nc2ccc(OC)cc2nc1C3=O. The van der Waals surface area contributed by atoms with Crippen LogP contribution < -0.4 is 9.47 Å². The van der Waals surface area contributed by atoms with Gasteiger partial charge in [-0.25, -0.2) is 19.9 Å². The number of hydrogen-bond acceptors (Lipinski definition) is 8. The Bertz CT molecular complexity index is 1230. The summed E-state index contributed by atoms with van der Waals surface area (Å²) >= 11 is 0. The number of carbonyl (C=O) groups excluding carboxylic acids is 2. The number of carbonyl (C=O) groups is 2. The fourth-order valence-corrected chi connectivity index (χ4v) is 3.18. The summed E-state index contributed by atoms with van der Waals surface area (Å²) in [5, 5.41) is 0. The molecule has 0 atom stereocenters. The molecule has 0 amide bonds. The number of rotatable bonds is 2. The number of ether oxygens (including phenoxy) is 2. The third-order valence-corrected chi connectivity index (χ3v) is 4.60. The van der Waals surface area contributed by atoms with Gasteiger partial charge >= 0.3 is 0 Å². The zero-order valence-electron chi connectivity index (χ0n) is 14.9. The zero-order chi connectivity index (χ0) is 19.4. The molecule has 0 unspecified atom stereocenters. The maximum absolute atomic E-state index is 13.0.